The fourth-order valence-electron chi connectivity index (χ4n) is 3.03. The Balaban J connectivity index is 1.93. The van der Waals surface area contributed by atoms with Gasteiger partial charge in [0.15, 0.2) is 5.96 Å². The summed E-state index contributed by atoms with van der Waals surface area (Å²) >= 11 is 1.89. The maximum absolute atomic E-state index is 11.9. The van der Waals surface area contributed by atoms with Crippen molar-refractivity contribution >= 4 is 23.6 Å². The fraction of sp³-hybridized carbons (Fsp3) is 0.600. The maximum atomic E-state index is 11.9. The molecular weight excluding hydrogens is 344 g/mol. The van der Waals surface area contributed by atoms with Gasteiger partial charge >= 0.3 is 0 Å². The Morgan fingerprint density at radius 1 is 1.23 bits per heavy atom. The molecule has 1 aromatic rings. The van der Waals surface area contributed by atoms with Gasteiger partial charge in [0.05, 0.1) is 6.54 Å². The number of nitrogens with zero attached hydrogens (tertiary/aromatic N) is 2. The molecule has 1 aliphatic rings. The summed E-state index contributed by atoms with van der Waals surface area (Å²) < 4.78 is 0. The van der Waals surface area contributed by atoms with E-state index in [1.54, 1.807) is 0 Å². The maximum Gasteiger partial charge on any atom is 0.222 e. The van der Waals surface area contributed by atoms with Gasteiger partial charge in [-0.25, -0.2) is 4.99 Å². The lowest BCUT2D eigenvalue weighted by atomic mass is 10.1. The smallest absolute Gasteiger partial charge is 0.222 e. The molecule has 6 heteroatoms. The highest BCUT2D eigenvalue weighted by atomic mass is 32.2. The Morgan fingerprint density at radius 3 is 2.73 bits per heavy atom. The molecule has 1 amide bonds. The van der Waals surface area contributed by atoms with Crippen LogP contribution in [-0.2, 0) is 17.9 Å². The highest BCUT2D eigenvalue weighted by Crippen LogP contribution is 2.17. The van der Waals surface area contributed by atoms with Gasteiger partial charge in [0.25, 0.3) is 0 Å². The van der Waals surface area contributed by atoms with E-state index < -0.39 is 0 Å². The van der Waals surface area contributed by atoms with Gasteiger partial charge in [-0.05, 0) is 49.3 Å². The normalized spacial score (nSPS) is 14.8. The van der Waals surface area contributed by atoms with Gasteiger partial charge in [-0.2, -0.15) is 11.8 Å². The molecule has 0 aliphatic carbocycles. The molecule has 0 atom stereocenters. The second-order valence-corrected chi connectivity index (χ2v) is 7.50. The minimum Gasteiger partial charge on any atom is -0.357 e. The molecule has 2 rings (SSSR count). The number of aliphatic imine (C=N–C) groups is 1. The summed E-state index contributed by atoms with van der Waals surface area (Å²) in [5, 5.41) is 6.73. The Kier molecular flexibility index (Phi) is 9.39. The lowest BCUT2D eigenvalue weighted by Gasteiger charge is -2.18. The van der Waals surface area contributed by atoms with E-state index >= 15 is 0 Å². The SMILES string of the molecule is CCNC(=NCc1ccccc1CN1CCCC1=O)NCCCCSC. The van der Waals surface area contributed by atoms with Crippen molar-refractivity contribution in [2.75, 3.05) is 31.6 Å². The molecule has 1 aliphatic heterocycles. The van der Waals surface area contributed by atoms with Gasteiger partial charge in [-0.1, -0.05) is 24.3 Å². The van der Waals surface area contributed by atoms with Gasteiger partial charge < -0.3 is 15.5 Å². The molecule has 0 bridgehead atoms. The standard InChI is InChI=1S/C20H32N4OS/c1-3-21-20(22-12-6-7-14-26-2)23-15-17-9-4-5-10-18(17)16-24-13-8-11-19(24)25/h4-5,9-10H,3,6-8,11-16H2,1-2H3,(H2,21,22,23). The molecule has 5 nitrogen and oxygen atoms in total. The number of carbonyl (C=O) groups is 1. The third-order valence-corrected chi connectivity index (χ3v) is 5.17. The van der Waals surface area contributed by atoms with E-state index in [4.69, 9.17) is 4.99 Å². The summed E-state index contributed by atoms with van der Waals surface area (Å²) in [4.78, 5) is 18.6. The first kappa shape index (κ1) is 20.6. The van der Waals surface area contributed by atoms with Crippen molar-refractivity contribution in [2.45, 2.75) is 45.7 Å². The molecule has 1 heterocycles. The van der Waals surface area contributed by atoms with Crippen LogP contribution >= 0.6 is 11.8 Å². The number of guanidine groups is 1. The lowest BCUT2D eigenvalue weighted by Crippen LogP contribution is -2.37. The summed E-state index contributed by atoms with van der Waals surface area (Å²) in [6.07, 6.45) is 6.18. The van der Waals surface area contributed by atoms with Gasteiger partial charge in [-0.15, -0.1) is 0 Å². The topological polar surface area (TPSA) is 56.7 Å². The van der Waals surface area contributed by atoms with Crippen LogP contribution in [0.3, 0.4) is 0 Å². The van der Waals surface area contributed by atoms with E-state index in [2.05, 4.69) is 35.9 Å². The van der Waals surface area contributed by atoms with Gasteiger partial charge in [0.2, 0.25) is 5.91 Å². The Morgan fingerprint density at radius 2 is 2.04 bits per heavy atom. The number of carbonyl (C=O) groups excluding carboxylic acids is 1. The first-order valence-corrected chi connectivity index (χ1v) is 11.0. The van der Waals surface area contributed by atoms with Crippen LogP contribution < -0.4 is 10.6 Å². The number of hydrogen-bond acceptors (Lipinski definition) is 3. The molecule has 2 N–H and O–H groups in total. The summed E-state index contributed by atoms with van der Waals surface area (Å²) in [6.45, 7) is 6.06. The number of hydrogen-bond donors (Lipinski definition) is 2. The lowest BCUT2D eigenvalue weighted by molar-refractivity contribution is -0.128. The van der Waals surface area contributed by atoms with E-state index in [-0.39, 0.29) is 5.91 Å². The second kappa shape index (κ2) is 11.8. The summed E-state index contributed by atoms with van der Waals surface area (Å²) in [5.74, 6) is 2.34. The Bertz CT molecular complexity index is 591. The zero-order valence-corrected chi connectivity index (χ0v) is 16.9. The van der Waals surface area contributed by atoms with Gasteiger partial charge in [0, 0.05) is 32.6 Å². The predicted molar refractivity (Wildman–Crippen MR) is 112 cm³/mol. The number of unbranched alkanes of at least 4 members (excludes halogenated alkanes) is 1. The molecule has 0 saturated carbocycles. The number of thioether (sulfide) groups is 1. The van der Waals surface area contributed by atoms with Crippen LogP contribution in [0.15, 0.2) is 29.3 Å². The van der Waals surface area contributed by atoms with E-state index in [1.807, 2.05) is 28.8 Å². The van der Waals surface area contributed by atoms with Gasteiger partial charge in [-0.3, -0.25) is 4.79 Å². The van der Waals surface area contributed by atoms with E-state index in [1.165, 1.54) is 23.3 Å². The van der Waals surface area contributed by atoms with Crippen LogP contribution in [0, 0.1) is 0 Å². The molecule has 1 fully saturated rings. The minimum atomic E-state index is 0.267. The number of benzene rings is 1. The Hall–Kier alpha value is -1.69. The average molecular weight is 377 g/mol. The molecular formula is C20H32N4OS. The van der Waals surface area contributed by atoms with Crippen LogP contribution in [0.4, 0.5) is 0 Å². The van der Waals surface area contributed by atoms with Crippen LogP contribution in [-0.4, -0.2) is 48.4 Å². The van der Waals surface area contributed by atoms with E-state index in [0.717, 1.165) is 38.4 Å². The third-order valence-electron chi connectivity index (χ3n) is 4.47. The fourth-order valence-corrected chi connectivity index (χ4v) is 3.52. The average Bonchev–Trinajstić information content (AvgIpc) is 3.05. The predicted octanol–water partition coefficient (Wildman–Crippen LogP) is 3.01. The summed E-state index contributed by atoms with van der Waals surface area (Å²) in [6, 6.07) is 8.31. The Labute approximate surface area is 162 Å². The molecule has 1 saturated heterocycles. The summed E-state index contributed by atoms with van der Waals surface area (Å²) in [5.41, 5.74) is 2.38. The zero-order chi connectivity index (χ0) is 18.6. The summed E-state index contributed by atoms with van der Waals surface area (Å²) in [7, 11) is 0. The molecule has 0 spiro atoms. The molecule has 1 aromatic carbocycles. The van der Waals surface area contributed by atoms with Crippen LogP contribution in [0.2, 0.25) is 0 Å². The first-order chi connectivity index (χ1) is 12.7. The zero-order valence-electron chi connectivity index (χ0n) is 16.1. The second-order valence-electron chi connectivity index (χ2n) is 6.51. The van der Waals surface area contributed by atoms with Crippen molar-refractivity contribution in [1.29, 1.82) is 0 Å². The number of nitrogens with one attached hydrogen (secondary N) is 2. The van der Waals surface area contributed by atoms with Crippen molar-refractivity contribution < 1.29 is 4.79 Å². The van der Waals surface area contributed by atoms with E-state index in [9.17, 15) is 4.79 Å². The minimum absolute atomic E-state index is 0.267. The number of amides is 1. The highest BCUT2D eigenvalue weighted by Gasteiger charge is 2.20. The van der Waals surface area contributed by atoms with Crippen molar-refractivity contribution in [1.82, 2.24) is 15.5 Å². The van der Waals surface area contributed by atoms with Crippen LogP contribution in [0.1, 0.15) is 43.7 Å². The van der Waals surface area contributed by atoms with Crippen LogP contribution in [0.5, 0.6) is 0 Å². The molecule has 26 heavy (non-hydrogen) atoms. The quantitative estimate of drug-likeness (QED) is 0.374. The molecule has 0 aromatic heterocycles. The van der Waals surface area contributed by atoms with Crippen molar-refractivity contribution in [3.63, 3.8) is 0 Å². The number of likely N-dealkylation sites (tertiary alicyclic amines) is 1. The first-order valence-electron chi connectivity index (χ1n) is 9.60. The number of rotatable bonds is 10. The van der Waals surface area contributed by atoms with Gasteiger partial charge in [0.1, 0.15) is 0 Å². The van der Waals surface area contributed by atoms with E-state index in [0.29, 0.717) is 19.5 Å². The largest absolute Gasteiger partial charge is 0.357 e. The molecule has 144 valence electrons. The highest BCUT2D eigenvalue weighted by molar-refractivity contribution is 7.98. The van der Waals surface area contributed by atoms with Crippen LogP contribution in [0.25, 0.3) is 0 Å². The molecule has 0 radical (unpaired) electrons. The van der Waals surface area contributed by atoms with Crippen molar-refractivity contribution in [2.24, 2.45) is 4.99 Å². The van der Waals surface area contributed by atoms with Crippen molar-refractivity contribution in [3.8, 4) is 0 Å². The molecule has 0 unspecified atom stereocenters. The monoisotopic (exact) mass is 376 g/mol. The third kappa shape index (κ3) is 6.90. The van der Waals surface area contributed by atoms with Crippen molar-refractivity contribution in [3.05, 3.63) is 35.4 Å².